The highest BCUT2D eigenvalue weighted by Crippen LogP contribution is 2.49. The van der Waals surface area contributed by atoms with Crippen LogP contribution in [-0.2, 0) is 17.8 Å². The molecular weight excluding hydrogens is 286 g/mol. The lowest BCUT2D eigenvalue weighted by atomic mass is 9.99. The van der Waals surface area contributed by atoms with Crippen LogP contribution in [0.5, 0.6) is 0 Å². The molecule has 2 heterocycles. The van der Waals surface area contributed by atoms with Crippen LogP contribution in [0.3, 0.4) is 0 Å². The first-order chi connectivity index (χ1) is 11.1. The largest absolute Gasteiger partial charge is 0.338 e. The van der Waals surface area contributed by atoms with Gasteiger partial charge in [-0.3, -0.25) is 9.89 Å². The van der Waals surface area contributed by atoms with Crippen molar-refractivity contribution in [3.8, 4) is 0 Å². The van der Waals surface area contributed by atoms with E-state index in [0.29, 0.717) is 24.3 Å². The Morgan fingerprint density at radius 3 is 2.83 bits per heavy atom. The van der Waals surface area contributed by atoms with Crippen LogP contribution >= 0.6 is 0 Å². The number of benzene rings is 1. The summed E-state index contributed by atoms with van der Waals surface area (Å²) in [5.41, 5.74) is 5.03. The Balaban J connectivity index is 1.42. The zero-order valence-corrected chi connectivity index (χ0v) is 13.7. The molecule has 2 aliphatic rings. The van der Waals surface area contributed by atoms with Crippen molar-refractivity contribution in [2.75, 3.05) is 6.54 Å². The second kappa shape index (κ2) is 5.52. The highest BCUT2D eigenvalue weighted by atomic mass is 16.2. The molecule has 0 spiro atoms. The molecule has 4 heteroatoms. The fraction of sp³-hybridized carbons (Fsp3) is 0.474. The van der Waals surface area contributed by atoms with Crippen LogP contribution in [0.4, 0.5) is 0 Å². The molecule has 0 unspecified atom stereocenters. The normalized spacial score (nSPS) is 23.0. The molecule has 4 nitrogen and oxygen atoms in total. The Morgan fingerprint density at radius 2 is 2.09 bits per heavy atom. The van der Waals surface area contributed by atoms with Gasteiger partial charge in [-0.1, -0.05) is 38.1 Å². The molecular formula is C19H23N3O. The average molecular weight is 309 g/mol. The maximum Gasteiger partial charge on any atom is 0.226 e. The van der Waals surface area contributed by atoms with Crippen LogP contribution in [0.2, 0.25) is 0 Å². The third-order valence-electron chi connectivity index (χ3n) is 5.25. The molecule has 0 bridgehead atoms. The predicted octanol–water partition coefficient (Wildman–Crippen LogP) is 3.22. The number of nitrogens with zero attached hydrogens (tertiary/aromatic N) is 2. The molecule has 1 aliphatic heterocycles. The van der Waals surface area contributed by atoms with Crippen molar-refractivity contribution in [3.05, 3.63) is 52.8 Å². The molecule has 1 aromatic carbocycles. The summed E-state index contributed by atoms with van der Waals surface area (Å²) >= 11 is 0. The number of hydrogen-bond donors (Lipinski definition) is 1. The van der Waals surface area contributed by atoms with E-state index in [9.17, 15) is 4.79 Å². The molecule has 1 N–H and O–H groups in total. The summed E-state index contributed by atoms with van der Waals surface area (Å²) < 4.78 is 0. The van der Waals surface area contributed by atoms with Gasteiger partial charge in [0.2, 0.25) is 5.91 Å². The van der Waals surface area contributed by atoms with Crippen LogP contribution in [0.25, 0.3) is 0 Å². The number of fused-ring (bicyclic) bond motifs is 1. The van der Waals surface area contributed by atoms with Crippen molar-refractivity contribution >= 4 is 5.91 Å². The van der Waals surface area contributed by atoms with E-state index in [1.54, 1.807) is 0 Å². The van der Waals surface area contributed by atoms with E-state index in [1.807, 2.05) is 11.1 Å². The number of carbonyl (C=O) groups is 1. The number of rotatable bonds is 3. The van der Waals surface area contributed by atoms with Gasteiger partial charge in [-0.25, -0.2) is 0 Å². The van der Waals surface area contributed by atoms with Gasteiger partial charge < -0.3 is 4.90 Å². The second-order valence-corrected chi connectivity index (χ2v) is 7.15. The fourth-order valence-corrected chi connectivity index (χ4v) is 3.61. The predicted molar refractivity (Wildman–Crippen MR) is 89.1 cm³/mol. The minimum absolute atomic E-state index is 0.174. The summed E-state index contributed by atoms with van der Waals surface area (Å²) in [7, 11) is 0. The van der Waals surface area contributed by atoms with Crippen molar-refractivity contribution in [2.45, 2.75) is 45.1 Å². The minimum Gasteiger partial charge on any atom is -0.338 e. The summed E-state index contributed by atoms with van der Waals surface area (Å²) in [6, 6.07) is 8.83. The monoisotopic (exact) mass is 309 g/mol. The molecule has 1 saturated carbocycles. The molecule has 0 radical (unpaired) electrons. The topological polar surface area (TPSA) is 49.0 Å². The molecule has 23 heavy (non-hydrogen) atoms. The Kier molecular flexibility index (Phi) is 3.47. The van der Waals surface area contributed by atoms with Gasteiger partial charge in [0, 0.05) is 36.7 Å². The lowest BCUT2D eigenvalue weighted by molar-refractivity contribution is -0.133. The van der Waals surface area contributed by atoms with Gasteiger partial charge in [0.15, 0.2) is 0 Å². The average Bonchev–Trinajstić information content (AvgIpc) is 3.23. The third-order valence-corrected chi connectivity index (χ3v) is 5.25. The minimum atomic E-state index is 0.174. The number of nitrogens with one attached hydrogen (secondary N) is 1. The second-order valence-electron chi connectivity index (χ2n) is 7.15. The summed E-state index contributed by atoms with van der Waals surface area (Å²) in [4.78, 5) is 14.8. The third kappa shape index (κ3) is 2.67. The van der Waals surface area contributed by atoms with Crippen LogP contribution in [0.15, 0.2) is 30.5 Å². The quantitative estimate of drug-likeness (QED) is 0.946. The van der Waals surface area contributed by atoms with Gasteiger partial charge in [0.05, 0.1) is 6.20 Å². The number of aromatic amines is 1. The van der Waals surface area contributed by atoms with E-state index in [0.717, 1.165) is 19.4 Å². The van der Waals surface area contributed by atoms with E-state index < -0.39 is 0 Å². The highest BCUT2D eigenvalue weighted by Gasteiger charge is 2.46. The highest BCUT2D eigenvalue weighted by molar-refractivity contribution is 5.83. The Hall–Kier alpha value is -2.10. The van der Waals surface area contributed by atoms with Gasteiger partial charge in [0.1, 0.15) is 0 Å². The van der Waals surface area contributed by atoms with Gasteiger partial charge >= 0.3 is 0 Å². The lowest BCUT2D eigenvalue weighted by Gasteiger charge is -2.26. The molecule has 4 rings (SSSR count). The maximum absolute atomic E-state index is 12.7. The van der Waals surface area contributed by atoms with E-state index in [2.05, 4.69) is 48.3 Å². The number of amides is 1. The Morgan fingerprint density at radius 1 is 1.30 bits per heavy atom. The van der Waals surface area contributed by atoms with Crippen LogP contribution in [0.1, 0.15) is 54.5 Å². The van der Waals surface area contributed by atoms with Crippen LogP contribution in [0, 0.1) is 5.92 Å². The number of H-pyrrole nitrogens is 1. The molecule has 2 aromatic rings. The zero-order valence-electron chi connectivity index (χ0n) is 13.7. The molecule has 1 amide bonds. The fourth-order valence-electron chi connectivity index (χ4n) is 3.61. The first kappa shape index (κ1) is 14.5. The molecule has 0 saturated heterocycles. The van der Waals surface area contributed by atoms with E-state index >= 15 is 0 Å². The summed E-state index contributed by atoms with van der Waals surface area (Å²) in [5.74, 6) is 1.45. The first-order valence-corrected chi connectivity index (χ1v) is 8.53. The number of aromatic nitrogens is 2. The van der Waals surface area contributed by atoms with Crippen molar-refractivity contribution in [1.82, 2.24) is 15.1 Å². The van der Waals surface area contributed by atoms with Gasteiger partial charge in [-0.15, -0.1) is 0 Å². The van der Waals surface area contributed by atoms with Gasteiger partial charge in [-0.05, 0) is 29.4 Å². The van der Waals surface area contributed by atoms with Gasteiger partial charge in [0.25, 0.3) is 0 Å². The lowest BCUT2D eigenvalue weighted by Crippen LogP contribution is -2.36. The smallest absolute Gasteiger partial charge is 0.226 e. The summed E-state index contributed by atoms with van der Waals surface area (Å²) in [6.45, 7) is 5.93. The Bertz CT molecular complexity index is 716. The Labute approximate surface area is 136 Å². The number of carbonyl (C=O) groups excluding carboxylic acids is 1. The van der Waals surface area contributed by atoms with E-state index in [-0.39, 0.29) is 5.92 Å². The van der Waals surface area contributed by atoms with Crippen molar-refractivity contribution in [2.24, 2.45) is 5.92 Å². The van der Waals surface area contributed by atoms with Crippen molar-refractivity contribution in [3.63, 3.8) is 0 Å². The SMILES string of the molecule is CC(C)c1ccc([C@@H]2C[C@@H]2C(=O)N2CCc3[nH]ncc3C2)cc1. The summed E-state index contributed by atoms with van der Waals surface area (Å²) in [6.07, 6.45) is 3.74. The summed E-state index contributed by atoms with van der Waals surface area (Å²) in [5, 5.41) is 7.10. The van der Waals surface area contributed by atoms with Crippen LogP contribution < -0.4 is 0 Å². The molecule has 1 aliphatic carbocycles. The molecule has 2 atom stereocenters. The number of hydrogen-bond acceptors (Lipinski definition) is 2. The van der Waals surface area contributed by atoms with Crippen molar-refractivity contribution in [1.29, 1.82) is 0 Å². The first-order valence-electron chi connectivity index (χ1n) is 8.53. The molecule has 120 valence electrons. The van der Waals surface area contributed by atoms with Gasteiger partial charge in [-0.2, -0.15) is 5.10 Å². The van der Waals surface area contributed by atoms with E-state index in [4.69, 9.17) is 0 Å². The maximum atomic E-state index is 12.7. The van der Waals surface area contributed by atoms with Crippen LogP contribution in [-0.4, -0.2) is 27.5 Å². The molecule has 1 aromatic heterocycles. The van der Waals surface area contributed by atoms with E-state index in [1.165, 1.54) is 22.4 Å². The standard InChI is InChI=1S/C19H23N3O/c1-12(2)13-3-5-14(6-4-13)16-9-17(16)19(23)22-8-7-18-15(11-22)10-20-21-18/h3-6,10,12,16-17H,7-9,11H2,1-2H3,(H,20,21)/t16-,17-/m0/s1. The van der Waals surface area contributed by atoms with Crippen molar-refractivity contribution < 1.29 is 4.79 Å². The zero-order chi connectivity index (χ0) is 16.0. The molecule has 1 fully saturated rings.